The van der Waals surface area contributed by atoms with Crippen LogP contribution in [-0.4, -0.2) is 36.5 Å². The predicted octanol–water partition coefficient (Wildman–Crippen LogP) is 6.52. The van der Waals surface area contributed by atoms with Gasteiger partial charge in [0, 0.05) is 12.8 Å². The van der Waals surface area contributed by atoms with Gasteiger partial charge in [0.1, 0.15) is 6.04 Å². The molecule has 0 radical (unpaired) electrons. The van der Waals surface area contributed by atoms with Crippen molar-refractivity contribution in [2.75, 3.05) is 19.8 Å². The van der Waals surface area contributed by atoms with E-state index in [2.05, 4.69) is 95.7 Å². The zero-order valence-corrected chi connectivity index (χ0v) is 20.3. The van der Waals surface area contributed by atoms with Crippen molar-refractivity contribution in [2.45, 2.75) is 44.6 Å². The van der Waals surface area contributed by atoms with E-state index in [-0.39, 0.29) is 5.41 Å². The molecule has 5 rings (SSSR count). The lowest BCUT2D eigenvalue weighted by atomic mass is 9.87. The average Bonchev–Trinajstić information content (AvgIpc) is 3.53. The number of ether oxygens (including phenoxy) is 2. The second-order valence-corrected chi connectivity index (χ2v) is 9.90. The summed E-state index contributed by atoms with van der Waals surface area (Å²) in [7, 11) is 0. The van der Waals surface area contributed by atoms with Crippen LogP contribution in [0.1, 0.15) is 36.0 Å². The molecule has 35 heavy (non-hydrogen) atoms. The molecule has 180 valence electrons. The van der Waals surface area contributed by atoms with Gasteiger partial charge in [-0.15, -0.1) is 4.70 Å². The molecule has 2 aliphatic rings. The van der Waals surface area contributed by atoms with Crippen LogP contribution < -0.4 is 0 Å². The van der Waals surface area contributed by atoms with Gasteiger partial charge in [0.2, 0.25) is 0 Å². The molecule has 1 aliphatic heterocycles. The van der Waals surface area contributed by atoms with E-state index in [0.717, 1.165) is 6.54 Å². The van der Waals surface area contributed by atoms with Crippen molar-refractivity contribution in [2.24, 2.45) is 10.5 Å². The van der Waals surface area contributed by atoms with Crippen LogP contribution in [-0.2, 0) is 22.7 Å². The Labute approximate surface area is 208 Å². The molecule has 2 bridgehead atoms. The average molecular weight is 468 g/mol. The Bertz CT molecular complexity index is 1070. The van der Waals surface area contributed by atoms with E-state index in [4.69, 9.17) is 14.6 Å². The molecule has 2 atom stereocenters. The summed E-state index contributed by atoms with van der Waals surface area (Å²) in [6.07, 6.45) is 8.17. The Balaban J connectivity index is 1.37. The summed E-state index contributed by atoms with van der Waals surface area (Å²) in [4.78, 5) is 0. The SMILES string of the molecule is C(=CC(COCc1ccccc1)(COCc1ccccc1)C[N+]1=NC2CCC1C2)c1ccccc1. The van der Waals surface area contributed by atoms with E-state index < -0.39 is 0 Å². The topological polar surface area (TPSA) is 33.8 Å². The minimum atomic E-state index is -0.312. The lowest BCUT2D eigenvalue weighted by molar-refractivity contribution is -0.630. The number of hydrogen-bond acceptors (Lipinski definition) is 3. The van der Waals surface area contributed by atoms with E-state index in [1.807, 2.05) is 12.1 Å². The fourth-order valence-electron chi connectivity index (χ4n) is 5.12. The minimum absolute atomic E-state index is 0.312. The number of fused-ring (bicyclic) bond motifs is 2. The van der Waals surface area contributed by atoms with Gasteiger partial charge in [0.05, 0.1) is 31.8 Å². The summed E-state index contributed by atoms with van der Waals surface area (Å²) in [5, 5.41) is 5.02. The standard InChI is InChI=1S/C31H35N2O2/c1-4-10-26(11-5-1)18-19-31(23-33-30-17-16-29(20-30)32-33,24-34-21-27-12-6-2-7-13-27)25-35-22-28-14-8-3-9-15-28/h1-15,18-19,29-30H,16-17,20-25H2/q+1. The number of rotatable bonds is 12. The first kappa shape index (κ1) is 23.7. The monoisotopic (exact) mass is 467 g/mol. The van der Waals surface area contributed by atoms with Crippen molar-refractivity contribution < 1.29 is 14.2 Å². The van der Waals surface area contributed by atoms with Gasteiger partial charge >= 0.3 is 0 Å². The highest BCUT2D eigenvalue weighted by Crippen LogP contribution is 2.34. The third-order valence-electron chi connectivity index (χ3n) is 7.02. The summed E-state index contributed by atoms with van der Waals surface area (Å²) in [5.41, 5.74) is 3.24. The van der Waals surface area contributed by atoms with Crippen LogP contribution in [0.15, 0.2) is 102 Å². The Morgan fingerprint density at radius 3 is 1.86 bits per heavy atom. The zero-order chi connectivity index (χ0) is 23.8. The van der Waals surface area contributed by atoms with Gasteiger partial charge in [-0.3, -0.25) is 0 Å². The molecule has 0 saturated heterocycles. The largest absolute Gasteiger partial charge is 0.376 e. The van der Waals surface area contributed by atoms with Gasteiger partial charge in [-0.1, -0.05) is 103 Å². The van der Waals surface area contributed by atoms with Crippen molar-refractivity contribution in [3.63, 3.8) is 0 Å². The minimum Gasteiger partial charge on any atom is -0.376 e. The number of hydrogen-bond donors (Lipinski definition) is 0. The normalized spacial score (nSPS) is 19.4. The van der Waals surface area contributed by atoms with Crippen LogP contribution in [0.2, 0.25) is 0 Å². The van der Waals surface area contributed by atoms with Gasteiger partial charge in [-0.05, 0) is 28.2 Å². The lowest BCUT2D eigenvalue weighted by Crippen LogP contribution is -2.41. The zero-order valence-electron chi connectivity index (χ0n) is 20.3. The van der Waals surface area contributed by atoms with Crippen LogP contribution in [0.3, 0.4) is 0 Å². The molecule has 0 N–H and O–H groups in total. The van der Waals surface area contributed by atoms with Crippen LogP contribution in [0.25, 0.3) is 6.08 Å². The van der Waals surface area contributed by atoms with Crippen molar-refractivity contribution in [3.8, 4) is 0 Å². The number of azo groups is 2. The third-order valence-corrected chi connectivity index (χ3v) is 7.02. The van der Waals surface area contributed by atoms with Gasteiger partial charge in [0.15, 0.2) is 12.6 Å². The number of benzene rings is 3. The molecule has 0 spiro atoms. The predicted molar refractivity (Wildman–Crippen MR) is 139 cm³/mol. The second-order valence-electron chi connectivity index (χ2n) is 9.90. The molecule has 3 aromatic carbocycles. The van der Waals surface area contributed by atoms with Crippen LogP contribution in [0, 0.1) is 5.41 Å². The highest BCUT2D eigenvalue weighted by molar-refractivity contribution is 5.49. The molecule has 2 unspecified atom stereocenters. The molecular weight excluding hydrogens is 432 g/mol. The second kappa shape index (κ2) is 11.6. The fourth-order valence-corrected chi connectivity index (χ4v) is 5.12. The molecule has 0 aromatic heterocycles. The van der Waals surface area contributed by atoms with Crippen LogP contribution in [0.5, 0.6) is 0 Å². The van der Waals surface area contributed by atoms with E-state index in [1.165, 1.54) is 36.0 Å². The smallest absolute Gasteiger partial charge is 0.181 e. The summed E-state index contributed by atoms with van der Waals surface area (Å²) in [6, 6.07) is 32.3. The maximum atomic E-state index is 6.37. The Kier molecular flexibility index (Phi) is 7.82. The van der Waals surface area contributed by atoms with Crippen molar-refractivity contribution >= 4 is 6.08 Å². The highest BCUT2D eigenvalue weighted by Gasteiger charge is 2.46. The first-order chi connectivity index (χ1) is 17.3. The van der Waals surface area contributed by atoms with E-state index in [1.54, 1.807) is 0 Å². The molecular formula is C31H35N2O2+. The van der Waals surface area contributed by atoms with Gasteiger partial charge in [-0.2, -0.15) is 0 Å². The molecule has 1 fully saturated rings. The van der Waals surface area contributed by atoms with E-state index in [9.17, 15) is 0 Å². The Morgan fingerprint density at radius 1 is 0.771 bits per heavy atom. The molecule has 4 heteroatoms. The Morgan fingerprint density at radius 2 is 1.34 bits per heavy atom. The van der Waals surface area contributed by atoms with E-state index in [0.29, 0.717) is 38.5 Å². The summed E-state index contributed by atoms with van der Waals surface area (Å²) < 4.78 is 15.1. The summed E-state index contributed by atoms with van der Waals surface area (Å²) in [5.74, 6) is 0. The highest BCUT2D eigenvalue weighted by atomic mass is 16.5. The first-order valence-corrected chi connectivity index (χ1v) is 12.7. The van der Waals surface area contributed by atoms with Crippen molar-refractivity contribution in [3.05, 3.63) is 114 Å². The van der Waals surface area contributed by atoms with Gasteiger partial charge < -0.3 is 9.47 Å². The van der Waals surface area contributed by atoms with E-state index >= 15 is 0 Å². The maximum Gasteiger partial charge on any atom is 0.181 e. The molecule has 1 heterocycles. The fraction of sp³-hybridized carbons (Fsp3) is 0.355. The quantitative estimate of drug-likeness (QED) is 0.284. The van der Waals surface area contributed by atoms with Crippen molar-refractivity contribution in [1.29, 1.82) is 0 Å². The van der Waals surface area contributed by atoms with Gasteiger partial charge in [0.25, 0.3) is 0 Å². The van der Waals surface area contributed by atoms with Gasteiger partial charge in [-0.25, -0.2) is 0 Å². The molecule has 0 amide bonds. The maximum absolute atomic E-state index is 6.37. The van der Waals surface area contributed by atoms with Crippen LogP contribution >= 0.6 is 0 Å². The molecule has 3 aromatic rings. The molecule has 1 saturated carbocycles. The Hall–Kier alpha value is -3.08. The first-order valence-electron chi connectivity index (χ1n) is 12.7. The van der Waals surface area contributed by atoms with Crippen molar-refractivity contribution in [1.82, 2.24) is 0 Å². The molecule has 1 aliphatic carbocycles. The third kappa shape index (κ3) is 6.53. The molecule has 4 nitrogen and oxygen atoms in total. The van der Waals surface area contributed by atoms with Crippen LogP contribution in [0.4, 0.5) is 0 Å². The number of nitrogens with zero attached hydrogens (tertiary/aromatic N) is 2. The summed E-state index contributed by atoms with van der Waals surface area (Å²) >= 11 is 0. The summed E-state index contributed by atoms with van der Waals surface area (Å²) in [6.45, 7) is 3.13. The lowest BCUT2D eigenvalue weighted by Gasteiger charge is -2.28.